The second-order valence-corrected chi connectivity index (χ2v) is 4.52. The lowest BCUT2D eigenvalue weighted by Crippen LogP contribution is -2.29. The molecule has 0 aromatic carbocycles. The van der Waals surface area contributed by atoms with E-state index < -0.39 is 0 Å². The molecule has 6 heteroatoms. The van der Waals surface area contributed by atoms with Gasteiger partial charge in [0, 0.05) is 38.3 Å². The van der Waals surface area contributed by atoms with Gasteiger partial charge in [-0.05, 0) is 19.9 Å². The zero-order chi connectivity index (χ0) is 12.8. The van der Waals surface area contributed by atoms with E-state index in [9.17, 15) is 0 Å². The van der Waals surface area contributed by atoms with Crippen LogP contribution in [-0.2, 0) is 0 Å². The molecule has 1 fully saturated rings. The van der Waals surface area contributed by atoms with Crippen molar-refractivity contribution in [1.29, 1.82) is 0 Å². The second kappa shape index (κ2) is 6.51. The summed E-state index contributed by atoms with van der Waals surface area (Å²) in [6.07, 6.45) is 3.68. The largest absolute Gasteiger partial charge is 0.396 e. The molecule has 1 aliphatic rings. The van der Waals surface area contributed by atoms with E-state index >= 15 is 0 Å². The molecule has 100 valence electrons. The molecule has 6 nitrogen and oxygen atoms in total. The van der Waals surface area contributed by atoms with Crippen LogP contribution in [0.5, 0.6) is 0 Å². The van der Waals surface area contributed by atoms with Crippen molar-refractivity contribution < 1.29 is 5.11 Å². The Hall–Kier alpha value is -1.40. The number of hydrogen-bond donors (Lipinski definition) is 3. The summed E-state index contributed by atoms with van der Waals surface area (Å²) in [6, 6.07) is 2.58. The van der Waals surface area contributed by atoms with Crippen molar-refractivity contribution in [3.63, 3.8) is 0 Å². The highest BCUT2D eigenvalue weighted by Gasteiger charge is 2.21. The number of nitrogens with zero attached hydrogens (tertiary/aromatic N) is 3. The zero-order valence-corrected chi connectivity index (χ0v) is 10.8. The quantitative estimate of drug-likeness (QED) is 0.621. The average Bonchev–Trinajstić information content (AvgIpc) is 2.88. The van der Waals surface area contributed by atoms with Gasteiger partial charge in [-0.25, -0.2) is 0 Å². The summed E-state index contributed by atoms with van der Waals surface area (Å²) in [5.41, 5.74) is 1.11. The average molecular weight is 251 g/mol. The highest BCUT2D eigenvalue weighted by atomic mass is 16.3. The van der Waals surface area contributed by atoms with Gasteiger partial charge in [0.05, 0.1) is 11.9 Å². The molecule has 0 bridgehead atoms. The monoisotopic (exact) mass is 251 g/mol. The minimum Gasteiger partial charge on any atom is -0.396 e. The number of likely N-dealkylation sites (N-methyl/N-ethyl adjacent to an activating group) is 1. The van der Waals surface area contributed by atoms with E-state index in [2.05, 4.69) is 25.7 Å². The summed E-state index contributed by atoms with van der Waals surface area (Å²) >= 11 is 0. The third-order valence-electron chi connectivity index (χ3n) is 3.24. The molecular weight excluding hydrogens is 230 g/mol. The Labute approximate surface area is 107 Å². The molecule has 1 aliphatic heterocycles. The number of rotatable bonds is 6. The van der Waals surface area contributed by atoms with Crippen LogP contribution in [-0.4, -0.2) is 54.6 Å². The summed E-state index contributed by atoms with van der Waals surface area (Å²) in [5, 5.41) is 23.3. The molecular formula is C12H21N5O. The SMILES string of the molecule is CN[C@H]1CCN(c2cnnc(NCCCO)c2)C1. The van der Waals surface area contributed by atoms with Crippen LogP contribution in [0.2, 0.25) is 0 Å². The zero-order valence-electron chi connectivity index (χ0n) is 10.8. The van der Waals surface area contributed by atoms with E-state index in [1.54, 1.807) is 6.20 Å². The fourth-order valence-electron chi connectivity index (χ4n) is 2.14. The molecule has 3 N–H and O–H groups in total. The molecule has 2 heterocycles. The fourth-order valence-corrected chi connectivity index (χ4v) is 2.14. The molecule has 0 spiro atoms. The van der Waals surface area contributed by atoms with Crippen LogP contribution in [0.3, 0.4) is 0 Å². The molecule has 1 aromatic heterocycles. The molecule has 1 saturated heterocycles. The lowest BCUT2D eigenvalue weighted by atomic mass is 10.3. The van der Waals surface area contributed by atoms with Crippen LogP contribution in [0.15, 0.2) is 12.3 Å². The van der Waals surface area contributed by atoms with Gasteiger partial charge in [0.2, 0.25) is 0 Å². The van der Waals surface area contributed by atoms with Crippen molar-refractivity contribution in [1.82, 2.24) is 15.5 Å². The summed E-state index contributed by atoms with van der Waals surface area (Å²) in [5.74, 6) is 0.772. The topological polar surface area (TPSA) is 73.3 Å². The van der Waals surface area contributed by atoms with E-state index in [-0.39, 0.29) is 6.61 Å². The highest BCUT2D eigenvalue weighted by molar-refractivity contribution is 5.52. The lowest BCUT2D eigenvalue weighted by Gasteiger charge is -2.18. The van der Waals surface area contributed by atoms with Crippen molar-refractivity contribution in [2.75, 3.05) is 43.5 Å². The van der Waals surface area contributed by atoms with Crippen molar-refractivity contribution in [3.05, 3.63) is 12.3 Å². The third-order valence-corrected chi connectivity index (χ3v) is 3.24. The first-order valence-electron chi connectivity index (χ1n) is 6.43. The highest BCUT2D eigenvalue weighted by Crippen LogP contribution is 2.21. The molecule has 1 aromatic rings. The van der Waals surface area contributed by atoms with Crippen LogP contribution < -0.4 is 15.5 Å². The lowest BCUT2D eigenvalue weighted by molar-refractivity contribution is 0.292. The summed E-state index contributed by atoms with van der Waals surface area (Å²) < 4.78 is 0. The Bertz CT molecular complexity index is 373. The normalized spacial score (nSPS) is 19.2. The van der Waals surface area contributed by atoms with Crippen molar-refractivity contribution in [3.8, 4) is 0 Å². The van der Waals surface area contributed by atoms with Gasteiger partial charge in [-0.1, -0.05) is 0 Å². The molecule has 1 atom stereocenters. The number of anilines is 2. The Morgan fingerprint density at radius 2 is 2.44 bits per heavy atom. The van der Waals surface area contributed by atoms with Crippen molar-refractivity contribution in [2.45, 2.75) is 18.9 Å². The van der Waals surface area contributed by atoms with Gasteiger partial charge in [0.15, 0.2) is 5.82 Å². The van der Waals surface area contributed by atoms with E-state index in [4.69, 9.17) is 5.11 Å². The van der Waals surface area contributed by atoms with Crippen LogP contribution in [0.1, 0.15) is 12.8 Å². The van der Waals surface area contributed by atoms with Gasteiger partial charge in [-0.15, -0.1) is 5.10 Å². The standard InChI is InChI=1S/C12H21N5O/c1-13-10-3-5-17(9-10)11-7-12(16-15-8-11)14-4-2-6-18/h7-8,10,13,18H,2-6,9H2,1H3,(H,14,16)/t10-/m0/s1. The molecule has 0 radical (unpaired) electrons. The van der Waals surface area contributed by atoms with Crippen molar-refractivity contribution in [2.24, 2.45) is 0 Å². The molecule has 0 unspecified atom stereocenters. The van der Waals surface area contributed by atoms with Gasteiger partial charge in [-0.2, -0.15) is 5.10 Å². The minimum absolute atomic E-state index is 0.191. The predicted octanol–water partition coefficient (Wildman–Crippen LogP) is 0.0690. The fraction of sp³-hybridized carbons (Fsp3) is 0.667. The number of aromatic nitrogens is 2. The summed E-state index contributed by atoms with van der Waals surface area (Å²) in [6.45, 7) is 2.97. The maximum atomic E-state index is 8.74. The van der Waals surface area contributed by atoms with Gasteiger partial charge in [0.25, 0.3) is 0 Å². The maximum absolute atomic E-state index is 8.74. The van der Waals surface area contributed by atoms with Gasteiger partial charge >= 0.3 is 0 Å². The Morgan fingerprint density at radius 1 is 1.56 bits per heavy atom. The predicted molar refractivity (Wildman–Crippen MR) is 71.9 cm³/mol. The second-order valence-electron chi connectivity index (χ2n) is 4.52. The number of nitrogens with one attached hydrogen (secondary N) is 2. The van der Waals surface area contributed by atoms with Crippen LogP contribution in [0.25, 0.3) is 0 Å². The number of aliphatic hydroxyl groups excluding tert-OH is 1. The minimum atomic E-state index is 0.191. The molecule has 0 amide bonds. The van der Waals surface area contributed by atoms with E-state index in [0.29, 0.717) is 12.6 Å². The van der Waals surface area contributed by atoms with Gasteiger partial charge in [0.1, 0.15) is 0 Å². The first kappa shape index (κ1) is 13.0. The Morgan fingerprint density at radius 3 is 3.17 bits per heavy atom. The van der Waals surface area contributed by atoms with E-state index in [0.717, 1.165) is 37.4 Å². The molecule has 2 rings (SSSR count). The Kier molecular flexibility index (Phi) is 4.72. The van der Waals surface area contributed by atoms with Gasteiger partial charge in [-0.3, -0.25) is 0 Å². The number of hydrogen-bond acceptors (Lipinski definition) is 6. The first-order chi connectivity index (χ1) is 8.83. The van der Waals surface area contributed by atoms with E-state index in [1.165, 1.54) is 0 Å². The van der Waals surface area contributed by atoms with Crippen LogP contribution in [0, 0.1) is 0 Å². The Balaban J connectivity index is 1.94. The van der Waals surface area contributed by atoms with E-state index in [1.807, 2.05) is 13.1 Å². The maximum Gasteiger partial charge on any atom is 0.150 e. The first-order valence-corrected chi connectivity index (χ1v) is 6.43. The number of aliphatic hydroxyl groups is 1. The smallest absolute Gasteiger partial charge is 0.150 e. The van der Waals surface area contributed by atoms with Crippen LogP contribution in [0.4, 0.5) is 11.5 Å². The summed E-state index contributed by atoms with van der Waals surface area (Å²) in [7, 11) is 2.00. The van der Waals surface area contributed by atoms with Crippen LogP contribution >= 0.6 is 0 Å². The molecule has 0 saturated carbocycles. The van der Waals surface area contributed by atoms with Gasteiger partial charge < -0.3 is 20.6 Å². The van der Waals surface area contributed by atoms with Crippen molar-refractivity contribution >= 4 is 11.5 Å². The third kappa shape index (κ3) is 3.30. The summed E-state index contributed by atoms with van der Waals surface area (Å²) in [4.78, 5) is 2.31. The molecule has 0 aliphatic carbocycles. The molecule has 18 heavy (non-hydrogen) atoms.